The van der Waals surface area contributed by atoms with Crippen LogP contribution in [-0.4, -0.2) is 21.9 Å². The number of pyridine rings is 1. The fourth-order valence-electron chi connectivity index (χ4n) is 2.13. The zero-order valence-electron chi connectivity index (χ0n) is 11.3. The summed E-state index contributed by atoms with van der Waals surface area (Å²) < 4.78 is 7.05. The Morgan fingerprint density at radius 3 is 2.85 bits per heavy atom. The van der Waals surface area contributed by atoms with Crippen LogP contribution in [0.15, 0.2) is 36.7 Å². The molecule has 5 heteroatoms. The average Bonchev–Trinajstić information content (AvgIpc) is 2.84. The maximum atomic E-state index is 6.26. The average molecular weight is 288 g/mol. The van der Waals surface area contributed by atoms with Gasteiger partial charge in [0.25, 0.3) is 0 Å². The Bertz CT molecular complexity index is 767. The van der Waals surface area contributed by atoms with Gasteiger partial charge in [-0.3, -0.25) is 4.68 Å². The van der Waals surface area contributed by atoms with Gasteiger partial charge in [-0.25, -0.2) is 4.98 Å². The molecule has 0 saturated heterocycles. The zero-order chi connectivity index (χ0) is 14.1. The van der Waals surface area contributed by atoms with E-state index in [2.05, 4.69) is 10.1 Å². The molecule has 0 aliphatic carbocycles. The summed E-state index contributed by atoms with van der Waals surface area (Å²) in [4.78, 5) is 4.43. The second kappa shape index (κ2) is 5.13. The molecule has 3 rings (SSSR count). The zero-order valence-corrected chi connectivity index (χ0v) is 12.1. The van der Waals surface area contributed by atoms with Crippen molar-refractivity contribution in [3.8, 4) is 5.75 Å². The van der Waals surface area contributed by atoms with E-state index in [-0.39, 0.29) is 0 Å². The number of halogens is 1. The third-order valence-electron chi connectivity index (χ3n) is 3.15. The SMILES string of the molecule is COc1ccc2cc(Cn3cc(C)cn3)c(Cl)nc2c1. The van der Waals surface area contributed by atoms with E-state index in [1.165, 1.54) is 0 Å². The van der Waals surface area contributed by atoms with E-state index < -0.39 is 0 Å². The third kappa shape index (κ3) is 2.47. The lowest BCUT2D eigenvalue weighted by atomic mass is 10.1. The fourth-order valence-corrected chi connectivity index (χ4v) is 2.34. The molecular formula is C15H14ClN3O. The molecule has 0 unspecified atom stereocenters. The highest BCUT2D eigenvalue weighted by molar-refractivity contribution is 6.30. The maximum Gasteiger partial charge on any atom is 0.134 e. The predicted octanol–water partition coefficient (Wildman–Crippen LogP) is 3.45. The van der Waals surface area contributed by atoms with E-state index in [1.54, 1.807) is 7.11 Å². The number of hydrogen-bond donors (Lipinski definition) is 0. The highest BCUT2D eigenvalue weighted by Crippen LogP contribution is 2.24. The number of fused-ring (bicyclic) bond motifs is 1. The van der Waals surface area contributed by atoms with Crippen molar-refractivity contribution in [1.82, 2.24) is 14.8 Å². The molecule has 0 spiro atoms. The highest BCUT2D eigenvalue weighted by Gasteiger charge is 2.07. The molecule has 0 N–H and O–H groups in total. The lowest BCUT2D eigenvalue weighted by molar-refractivity contribution is 0.415. The molecule has 0 aliphatic rings. The lowest BCUT2D eigenvalue weighted by Crippen LogP contribution is -2.01. The minimum atomic E-state index is 0.499. The molecule has 0 radical (unpaired) electrons. The minimum absolute atomic E-state index is 0.499. The van der Waals surface area contributed by atoms with E-state index in [1.807, 2.05) is 48.3 Å². The molecule has 2 aromatic heterocycles. The van der Waals surface area contributed by atoms with Crippen molar-refractivity contribution in [2.75, 3.05) is 7.11 Å². The third-order valence-corrected chi connectivity index (χ3v) is 3.47. The van der Waals surface area contributed by atoms with Crippen LogP contribution in [0.1, 0.15) is 11.1 Å². The number of aromatic nitrogens is 3. The van der Waals surface area contributed by atoms with Crippen LogP contribution < -0.4 is 4.74 Å². The molecule has 0 bridgehead atoms. The number of methoxy groups -OCH3 is 1. The summed E-state index contributed by atoms with van der Waals surface area (Å²) in [6.07, 6.45) is 3.81. The summed E-state index contributed by atoms with van der Waals surface area (Å²) in [5.74, 6) is 0.775. The minimum Gasteiger partial charge on any atom is -0.497 e. The summed E-state index contributed by atoms with van der Waals surface area (Å²) in [5.41, 5.74) is 2.90. The molecule has 0 aliphatic heterocycles. The Morgan fingerprint density at radius 1 is 1.30 bits per heavy atom. The lowest BCUT2D eigenvalue weighted by Gasteiger charge is -2.07. The molecule has 2 heterocycles. The summed E-state index contributed by atoms with van der Waals surface area (Å²) in [7, 11) is 1.64. The van der Waals surface area contributed by atoms with Gasteiger partial charge in [0, 0.05) is 23.2 Å². The van der Waals surface area contributed by atoms with Crippen LogP contribution in [0.25, 0.3) is 10.9 Å². The molecular weight excluding hydrogens is 274 g/mol. The van der Waals surface area contributed by atoms with Gasteiger partial charge in [-0.05, 0) is 30.7 Å². The molecule has 102 valence electrons. The summed E-state index contributed by atoms with van der Waals surface area (Å²) in [6.45, 7) is 2.62. The van der Waals surface area contributed by atoms with Gasteiger partial charge in [0.2, 0.25) is 0 Å². The number of aryl methyl sites for hydroxylation is 1. The molecule has 0 saturated carbocycles. The molecule has 4 nitrogen and oxygen atoms in total. The Balaban J connectivity index is 2.01. The summed E-state index contributed by atoms with van der Waals surface area (Å²) in [6, 6.07) is 7.82. The van der Waals surface area contributed by atoms with Gasteiger partial charge in [-0.2, -0.15) is 5.10 Å². The van der Waals surface area contributed by atoms with Crippen LogP contribution in [0.2, 0.25) is 5.15 Å². The van der Waals surface area contributed by atoms with E-state index in [0.29, 0.717) is 11.7 Å². The summed E-state index contributed by atoms with van der Waals surface area (Å²) in [5, 5.41) is 5.81. The molecule has 0 amide bonds. The van der Waals surface area contributed by atoms with E-state index >= 15 is 0 Å². The Kier molecular flexibility index (Phi) is 3.32. The predicted molar refractivity (Wildman–Crippen MR) is 79.4 cm³/mol. The van der Waals surface area contributed by atoms with Crippen LogP contribution in [0.5, 0.6) is 5.75 Å². The molecule has 0 atom stereocenters. The number of hydrogen-bond acceptors (Lipinski definition) is 3. The van der Waals surface area contributed by atoms with E-state index in [4.69, 9.17) is 16.3 Å². The highest BCUT2D eigenvalue weighted by atomic mass is 35.5. The van der Waals surface area contributed by atoms with Crippen molar-refractivity contribution in [2.45, 2.75) is 13.5 Å². The van der Waals surface area contributed by atoms with Gasteiger partial charge in [0.1, 0.15) is 10.9 Å². The number of nitrogens with zero attached hydrogens (tertiary/aromatic N) is 3. The molecule has 0 fully saturated rings. The fraction of sp³-hybridized carbons (Fsp3) is 0.200. The van der Waals surface area contributed by atoms with Crippen LogP contribution >= 0.6 is 11.6 Å². The summed E-state index contributed by atoms with van der Waals surface area (Å²) >= 11 is 6.26. The van der Waals surface area contributed by atoms with E-state index in [0.717, 1.165) is 27.8 Å². The van der Waals surface area contributed by atoms with Crippen LogP contribution in [0.4, 0.5) is 0 Å². The van der Waals surface area contributed by atoms with Crippen molar-refractivity contribution in [2.24, 2.45) is 0 Å². The second-order valence-electron chi connectivity index (χ2n) is 4.71. The van der Waals surface area contributed by atoms with Gasteiger partial charge in [0.05, 0.1) is 25.4 Å². The number of rotatable bonds is 3. The number of benzene rings is 1. The first-order valence-corrected chi connectivity index (χ1v) is 6.66. The molecule has 1 aromatic carbocycles. The maximum absolute atomic E-state index is 6.26. The Labute approximate surface area is 122 Å². The van der Waals surface area contributed by atoms with E-state index in [9.17, 15) is 0 Å². The van der Waals surface area contributed by atoms with Crippen molar-refractivity contribution in [3.05, 3.63) is 52.9 Å². The monoisotopic (exact) mass is 287 g/mol. The largest absolute Gasteiger partial charge is 0.497 e. The smallest absolute Gasteiger partial charge is 0.134 e. The van der Waals surface area contributed by atoms with Crippen molar-refractivity contribution in [1.29, 1.82) is 0 Å². The number of ether oxygens (including phenoxy) is 1. The van der Waals surface area contributed by atoms with Crippen molar-refractivity contribution >= 4 is 22.5 Å². The van der Waals surface area contributed by atoms with Gasteiger partial charge in [-0.15, -0.1) is 0 Å². The quantitative estimate of drug-likeness (QED) is 0.693. The van der Waals surface area contributed by atoms with Crippen molar-refractivity contribution in [3.63, 3.8) is 0 Å². The standard InChI is InChI=1S/C15H14ClN3O/c1-10-7-17-19(8-10)9-12-5-11-3-4-13(20-2)6-14(11)18-15(12)16/h3-8H,9H2,1-2H3. The van der Waals surface area contributed by atoms with Crippen LogP contribution in [-0.2, 0) is 6.54 Å². The van der Waals surface area contributed by atoms with Gasteiger partial charge in [0.15, 0.2) is 0 Å². The molecule has 20 heavy (non-hydrogen) atoms. The topological polar surface area (TPSA) is 39.9 Å². The first kappa shape index (κ1) is 12.9. The van der Waals surface area contributed by atoms with Gasteiger partial charge in [-0.1, -0.05) is 11.6 Å². The van der Waals surface area contributed by atoms with Gasteiger partial charge < -0.3 is 4.74 Å². The van der Waals surface area contributed by atoms with Crippen LogP contribution in [0, 0.1) is 6.92 Å². The van der Waals surface area contributed by atoms with Crippen LogP contribution in [0.3, 0.4) is 0 Å². The molecule has 3 aromatic rings. The van der Waals surface area contributed by atoms with Crippen molar-refractivity contribution < 1.29 is 4.74 Å². The normalized spacial score (nSPS) is 10.9. The Morgan fingerprint density at radius 2 is 2.15 bits per heavy atom. The first-order chi connectivity index (χ1) is 9.65. The second-order valence-corrected chi connectivity index (χ2v) is 5.07. The van der Waals surface area contributed by atoms with Gasteiger partial charge >= 0.3 is 0 Å². The Hall–Kier alpha value is -2.07. The first-order valence-electron chi connectivity index (χ1n) is 6.28.